The average molecular weight is 306 g/mol. The lowest BCUT2D eigenvalue weighted by atomic mass is 10.1. The summed E-state index contributed by atoms with van der Waals surface area (Å²) in [5.74, 6) is 0. The van der Waals surface area contributed by atoms with Gasteiger partial charge in [-0.1, -0.05) is 34.1 Å². The van der Waals surface area contributed by atoms with Crippen molar-refractivity contribution in [3.05, 3.63) is 52.5 Å². The minimum atomic E-state index is 0.468. The molecule has 0 spiro atoms. The second-order valence-corrected chi connectivity index (χ2v) is 5.54. The van der Waals surface area contributed by atoms with Crippen LogP contribution in [0.2, 0.25) is 0 Å². The maximum Gasteiger partial charge on any atom is 0.0951 e. The van der Waals surface area contributed by atoms with Crippen molar-refractivity contribution in [2.45, 2.75) is 25.4 Å². The molecule has 2 aromatic rings. The van der Waals surface area contributed by atoms with Gasteiger partial charge >= 0.3 is 0 Å². The third kappa shape index (κ3) is 2.35. The molecule has 1 aliphatic rings. The van der Waals surface area contributed by atoms with Crippen molar-refractivity contribution in [3.8, 4) is 0 Å². The van der Waals surface area contributed by atoms with Gasteiger partial charge in [0.1, 0.15) is 0 Å². The van der Waals surface area contributed by atoms with E-state index in [4.69, 9.17) is 0 Å². The molecule has 3 nitrogen and oxygen atoms in total. The van der Waals surface area contributed by atoms with Crippen LogP contribution in [0.25, 0.3) is 0 Å². The highest BCUT2D eigenvalue weighted by molar-refractivity contribution is 9.10. The molecule has 3 rings (SSSR count). The normalized spacial score (nSPS) is 19.3. The average Bonchev–Trinajstić information content (AvgIpc) is 3.02. The van der Waals surface area contributed by atoms with Crippen molar-refractivity contribution in [2.75, 3.05) is 6.54 Å². The lowest BCUT2D eigenvalue weighted by molar-refractivity contribution is 0.584. The number of imidazole rings is 1. The smallest absolute Gasteiger partial charge is 0.0951 e. The minimum absolute atomic E-state index is 0.468. The molecule has 0 aliphatic carbocycles. The molecule has 0 unspecified atom stereocenters. The van der Waals surface area contributed by atoms with Gasteiger partial charge in [-0.05, 0) is 31.0 Å². The second kappa shape index (κ2) is 5.24. The Balaban J connectivity index is 1.85. The first kappa shape index (κ1) is 11.9. The number of nitrogens with one attached hydrogen (secondary N) is 1. The maximum absolute atomic E-state index is 4.30. The van der Waals surface area contributed by atoms with E-state index >= 15 is 0 Å². The molecule has 0 amide bonds. The summed E-state index contributed by atoms with van der Waals surface area (Å²) in [6.45, 7) is 1.99. The van der Waals surface area contributed by atoms with Crippen molar-refractivity contribution in [2.24, 2.45) is 0 Å². The highest BCUT2D eigenvalue weighted by Crippen LogP contribution is 2.24. The molecule has 94 valence electrons. The van der Waals surface area contributed by atoms with Crippen molar-refractivity contribution < 1.29 is 0 Å². The molecule has 1 aromatic heterocycles. The van der Waals surface area contributed by atoms with E-state index in [1.807, 2.05) is 18.6 Å². The zero-order valence-electron chi connectivity index (χ0n) is 10.1. The van der Waals surface area contributed by atoms with Crippen molar-refractivity contribution in [1.82, 2.24) is 14.9 Å². The predicted molar refractivity (Wildman–Crippen MR) is 75.4 cm³/mol. The van der Waals surface area contributed by atoms with Crippen LogP contribution in [0.3, 0.4) is 0 Å². The van der Waals surface area contributed by atoms with Gasteiger partial charge in [-0.3, -0.25) is 0 Å². The van der Waals surface area contributed by atoms with Crippen molar-refractivity contribution in [3.63, 3.8) is 0 Å². The van der Waals surface area contributed by atoms with Crippen molar-refractivity contribution in [1.29, 1.82) is 0 Å². The molecule has 0 saturated carbocycles. The Morgan fingerprint density at radius 3 is 3.06 bits per heavy atom. The van der Waals surface area contributed by atoms with E-state index in [2.05, 4.69) is 49.0 Å². The summed E-state index contributed by atoms with van der Waals surface area (Å²) in [7, 11) is 0. The monoisotopic (exact) mass is 305 g/mol. The van der Waals surface area contributed by atoms with Gasteiger partial charge in [-0.2, -0.15) is 0 Å². The van der Waals surface area contributed by atoms with E-state index in [1.54, 1.807) is 0 Å². The van der Waals surface area contributed by atoms with Crippen LogP contribution >= 0.6 is 15.9 Å². The van der Waals surface area contributed by atoms with Crippen LogP contribution in [0, 0.1) is 0 Å². The zero-order chi connectivity index (χ0) is 12.4. The Kier molecular flexibility index (Phi) is 3.48. The topological polar surface area (TPSA) is 29.9 Å². The fourth-order valence-corrected chi connectivity index (χ4v) is 2.91. The highest BCUT2D eigenvalue weighted by Gasteiger charge is 2.19. The van der Waals surface area contributed by atoms with Crippen LogP contribution in [0.4, 0.5) is 0 Å². The zero-order valence-corrected chi connectivity index (χ0v) is 11.7. The summed E-state index contributed by atoms with van der Waals surface area (Å²) in [6, 6.07) is 8.82. The number of nitrogens with zero attached hydrogens (tertiary/aromatic N) is 2. The second-order valence-electron chi connectivity index (χ2n) is 4.69. The first-order valence-electron chi connectivity index (χ1n) is 6.31. The Hall–Kier alpha value is -1.13. The first-order chi connectivity index (χ1) is 8.84. The highest BCUT2D eigenvalue weighted by atomic mass is 79.9. The van der Waals surface area contributed by atoms with Crippen molar-refractivity contribution >= 4 is 15.9 Å². The maximum atomic E-state index is 4.30. The van der Waals surface area contributed by atoms with Gasteiger partial charge < -0.3 is 9.88 Å². The number of rotatable bonds is 3. The molecule has 1 aromatic carbocycles. The van der Waals surface area contributed by atoms with E-state index in [9.17, 15) is 0 Å². The quantitative estimate of drug-likeness (QED) is 0.944. The largest absolute Gasteiger partial charge is 0.329 e. The molecule has 2 heterocycles. The Morgan fingerprint density at radius 1 is 1.39 bits per heavy atom. The Morgan fingerprint density at radius 2 is 2.28 bits per heavy atom. The van der Waals surface area contributed by atoms with Crippen LogP contribution < -0.4 is 5.32 Å². The molecule has 4 heteroatoms. The van der Waals surface area contributed by atoms with Gasteiger partial charge in [0.2, 0.25) is 0 Å². The molecule has 1 N–H and O–H groups in total. The van der Waals surface area contributed by atoms with E-state index in [-0.39, 0.29) is 0 Å². The third-order valence-electron chi connectivity index (χ3n) is 3.46. The standard InChI is InChI=1S/C14H16BrN3/c15-12-5-2-1-4-11(12)9-18-10-16-8-14(18)13-6-3-7-17-13/h1-2,4-5,8,10,13,17H,3,6-7,9H2/t13-/m0/s1. The van der Waals surface area contributed by atoms with Crippen LogP contribution in [0.5, 0.6) is 0 Å². The fraction of sp³-hybridized carbons (Fsp3) is 0.357. The Labute approximate surface area is 115 Å². The number of halogens is 1. The number of hydrogen-bond donors (Lipinski definition) is 1. The summed E-state index contributed by atoms with van der Waals surface area (Å²) in [5, 5.41) is 3.53. The van der Waals surface area contributed by atoms with Gasteiger partial charge in [-0.15, -0.1) is 0 Å². The third-order valence-corrected chi connectivity index (χ3v) is 4.23. The molecular formula is C14H16BrN3. The molecule has 1 atom stereocenters. The molecule has 0 bridgehead atoms. The van der Waals surface area contributed by atoms with Gasteiger partial charge in [0.15, 0.2) is 0 Å². The summed E-state index contributed by atoms with van der Waals surface area (Å²) in [6.07, 6.45) is 6.38. The van der Waals surface area contributed by atoms with Gasteiger partial charge in [0.25, 0.3) is 0 Å². The predicted octanol–water partition coefficient (Wildman–Crippen LogP) is 3.12. The van der Waals surface area contributed by atoms with Gasteiger partial charge in [0, 0.05) is 23.3 Å². The summed E-state index contributed by atoms with van der Waals surface area (Å²) in [5.41, 5.74) is 2.58. The summed E-state index contributed by atoms with van der Waals surface area (Å²) in [4.78, 5) is 4.30. The molecular weight excluding hydrogens is 290 g/mol. The van der Waals surface area contributed by atoms with E-state index in [1.165, 1.54) is 24.1 Å². The van der Waals surface area contributed by atoms with Gasteiger partial charge in [0.05, 0.1) is 12.0 Å². The van der Waals surface area contributed by atoms with Gasteiger partial charge in [-0.25, -0.2) is 4.98 Å². The number of benzene rings is 1. The van der Waals surface area contributed by atoms with Crippen LogP contribution in [-0.4, -0.2) is 16.1 Å². The number of aromatic nitrogens is 2. The number of hydrogen-bond acceptors (Lipinski definition) is 2. The molecule has 1 saturated heterocycles. The van der Waals surface area contributed by atoms with E-state index < -0.39 is 0 Å². The lowest BCUT2D eigenvalue weighted by Gasteiger charge is -2.14. The molecule has 1 fully saturated rings. The first-order valence-corrected chi connectivity index (χ1v) is 7.11. The van der Waals surface area contributed by atoms with E-state index in [0.717, 1.165) is 17.6 Å². The molecule has 0 radical (unpaired) electrons. The Bertz CT molecular complexity index is 529. The summed E-state index contributed by atoms with van der Waals surface area (Å²) >= 11 is 3.60. The SMILES string of the molecule is Brc1ccccc1Cn1cncc1[C@@H]1CCCN1. The van der Waals surface area contributed by atoms with Crippen LogP contribution in [-0.2, 0) is 6.54 Å². The van der Waals surface area contributed by atoms with E-state index in [0.29, 0.717) is 6.04 Å². The summed E-state index contributed by atoms with van der Waals surface area (Å²) < 4.78 is 3.40. The van der Waals surface area contributed by atoms with Crippen LogP contribution in [0.1, 0.15) is 30.1 Å². The molecule has 18 heavy (non-hydrogen) atoms. The van der Waals surface area contributed by atoms with Crippen LogP contribution in [0.15, 0.2) is 41.3 Å². The minimum Gasteiger partial charge on any atom is -0.329 e. The molecule has 1 aliphatic heterocycles. The fourth-order valence-electron chi connectivity index (χ4n) is 2.50. The lowest BCUT2D eigenvalue weighted by Crippen LogP contribution is -2.17.